The number of furan rings is 1. The zero-order valence-electron chi connectivity index (χ0n) is 16.1. The Bertz CT molecular complexity index is 1050. The van der Waals surface area contributed by atoms with Gasteiger partial charge in [0.05, 0.1) is 10.2 Å². The standard InChI is InChI=1S/C21H20BrN3O3S/c1-12-6-5-7-17(13(12)2)25-19(27)15(18(26)23-21(25)29)10-14-11-16(22)20(28-14)24-8-3-4-9-24/h5-7,10-11H,3-4,8-9H2,1-2H3,(H,23,26,29)/b15-10+. The van der Waals surface area contributed by atoms with Crippen LogP contribution >= 0.6 is 28.1 Å². The lowest BCUT2D eigenvalue weighted by molar-refractivity contribution is -0.122. The Balaban J connectivity index is 1.71. The number of rotatable bonds is 3. The molecule has 150 valence electrons. The van der Waals surface area contributed by atoms with Gasteiger partial charge in [-0.2, -0.15) is 0 Å². The lowest BCUT2D eigenvalue weighted by atomic mass is 10.0. The van der Waals surface area contributed by atoms with Crippen LogP contribution in [0.25, 0.3) is 6.08 Å². The summed E-state index contributed by atoms with van der Waals surface area (Å²) < 4.78 is 6.73. The summed E-state index contributed by atoms with van der Waals surface area (Å²) in [6.45, 7) is 5.74. The average Bonchev–Trinajstić information content (AvgIpc) is 3.31. The largest absolute Gasteiger partial charge is 0.440 e. The van der Waals surface area contributed by atoms with Gasteiger partial charge >= 0.3 is 0 Å². The molecule has 4 rings (SSSR count). The minimum atomic E-state index is -0.531. The fourth-order valence-electron chi connectivity index (χ4n) is 3.58. The normalized spacial score (nSPS) is 18.7. The molecule has 29 heavy (non-hydrogen) atoms. The van der Waals surface area contributed by atoms with E-state index in [0.717, 1.165) is 47.4 Å². The van der Waals surface area contributed by atoms with Crippen molar-refractivity contribution >= 4 is 62.7 Å². The van der Waals surface area contributed by atoms with E-state index < -0.39 is 11.8 Å². The second kappa shape index (κ2) is 7.76. The molecule has 0 saturated carbocycles. The molecule has 0 atom stereocenters. The smallest absolute Gasteiger partial charge is 0.270 e. The third-order valence-electron chi connectivity index (χ3n) is 5.29. The molecule has 2 aromatic rings. The quantitative estimate of drug-likeness (QED) is 0.413. The maximum atomic E-state index is 13.2. The van der Waals surface area contributed by atoms with Gasteiger partial charge in [-0.1, -0.05) is 12.1 Å². The van der Waals surface area contributed by atoms with Crippen molar-refractivity contribution in [2.24, 2.45) is 0 Å². The summed E-state index contributed by atoms with van der Waals surface area (Å²) in [4.78, 5) is 29.2. The molecule has 1 aromatic carbocycles. The summed E-state index contributed by atoms with van der Waals surface area (Å²) in [5, 5.41) is 2.69. The first-order chi connectivity index (χ1) is 13.9. The minimum Gasteiger partial charge on any atom is -0.440 e. The molecule has 3 heterocycles. The van der Waals surface area contributed by atoms with Crippen molar-refractivity contribution in [3.63, 3.8) is 0 Å². The van der Waals surface area contributed by atoms with E-state index in [2.05, 4.69) is 26.1 Å². The zero-order chi connectivity index (χ0) is 20.7. The van der Waals surface area contributed by atoms with E-state index >= 15 is 0 Å². The second-order valence-corrected chi connectivity index (χ2v) is 8.41. The van der Waals surface area contributed by atoms with Gasteiger partial charge < -0.3 is 9.32 Å². The van der Waals surface area contributed by atoms with Crippen LogP contribution in [0.4, 0.5) is 11.6 Å². The van der Waals surface area contributed by atoms with E-state index in [4.69, 9.17) is 16.6 Å². The van der Waals surface area contributed by atoms with E-state index in [0.29, 0.717) is 11.4 Å². The molecule has 0 radical (unpaired) electrons. The van der Waals surface area contributed by atoms with Crippen LogP contribution in [-0.2, 0) is 9.59 Å². The number of anilines is 2. The highest BCUT2D eigenvalue weighted by atomic mass is 79.9. The predicted molar refractivity (Wildman–Crippen MR) is 120 cm³/mol. The summed E-state index contributed by atoms with van der Waals surface area (Å²) >= 11 is 8.81. The highest BCUT2D eigenvalue weighted by Gasteiger charge is 2.35. The number of carbonyl (C=O) groups excluding carboxylic acids is 2. The molecular formula is C21H20BrN3O3S. The van der Waals surface area contributed by atoms with Gasteiger partial charge in [0, 0.05) is 19.2 Å². The van der Waals surface area contributed by atoms with Crippen molar-refractivity contribution < 1.29 is 14.0 Å². The van der Waals surface area contributed by atoms with Crippen LogP contribution < -0.4 is 15.1 Å². The fourth-order valence-corrected chi connectivity index (χ4v) is 4.41. The summed E-state index contributed by atoms with van der Waals surface area (Å²) in [7, 11) is 0. The Morgan fingerprint density at radius 3 is 2.66 bits per heavy atom. The van der Waals surface area contributed by atoms with Gasteiger partial charge in [-0.15, -0.1) is 0 Å². The highest BCUT2D eigenvalue weighted by Crippen LogP contribution is 2.34. The Labute approximate surface area is 182 Å². The van der Waals surface area contributed by atoms with Gasteiger partial charge in [-0.3, -0.25) is 19.8 Å². The van der Waals surface area contributed by atoms with Gasteiger partial charge in [0.1, 0.15) is 11.3 Å². The number of nitrogens with zero attached hydrogens (tertiary/aromatic N) is 2. The number of hydrogen-bond acceptors (Lipinski definition) is 5. The van der Waals surface area contributed by atoms with E-state index in [1.807, 2.05) is 32.0 Å². The van der Waals surface area contributed by atoms with Gasteiger partial charge in [-0.05, 0) is 78.1 Å². The van der Waals surface area contributed by atoms with Crippen molar-refractivity contribution in [3.05, 3.63) is 51.2 Å². The zero-order valence-corrected chi connectivity index (χ0v) is 18.5. The number of halogens is 1. The summed E-state index contributed by atoms with van der Waals surface area (Å²) in [6, 6.07) is 7.41. The molecule has 1 aromatic heterocycles. The van der Waals surface area contributed by atoms with Gasteiger partial charge in [0.25, 0.3) is 11.8 Å². The van der Waals surface area contributed by atoms with Crippen LogP contribution in [0.3, 0.4) is 0 Å². The number of aryl methyl sites for hydroxylation is 1. The predicted octanol–water partition coefficient (Wildman–Crippen LogP) is 4.09. The summed E-state index contributed by atoms with van der Waals surface area (Å²) in [5.41, 5.74) is 2.60. The molecule has 2 saturated heterocycles. The van der Waals surface area contributed by atoms with E-state index in [-0.39, 0.29) is 10.7 Å². The van der Waals surface area contributed by atoms with Gasteiger partial charge in [0.15, 0.2) is 5.11 Å². The number of nitrogens with one attached hydrogen (secondary N) is 1. The minimum absolute atomic E-state index is 0.0197. The van der Waals surface area contributed by atoms with Crippen LogP contribution in [0.2, 0.25) is 0 Å². The Morgan fingerprint density at radius 1 is 1.21 bits per heavy atom. The van der Waals surface area contributed by atoms with Crippen LogP contribution in [0, 0.1) is 13.8 Å². The Morgan fingerprint density at radius 2 is 1.93 bits per heavy atom. The van der Waals surface area contributed by atoms with Crippen LogP contribution in [0.15, 0.2) is 38.7 Å². The number of benzene rings is 1. The lowest BCUT2D eigenvalue weighted by Crippen LogP contribution is -2.54. The molecule has 2 aliphatic heterocycles. The molecule has 6 nitrogen and oxygen atoms in total. The maximum Gasteiger partial charge on any atom is 0.270 e. The highest BCUT2D eigenvalue weighted by molar-refractivity contribution is 9.10. The van der Waals surface area contributed by atoms with Crippen LogP contribution in [-0.4, -0.2) is 30.0 Å². The monoisotopic (exact) mass is 473 g/mol. The van der Waals surface area contributed by atoms with E-state index in [9.17, 15) is 9.59 Å². The first kappa shape index (κ1) is 19.8. The Hall–Kier alpha value is -2.45. The Kier molecular flexibility index (Phi) is 5.31. The van der Waals surface area contributed by atoms with Crippen LogP contribution in [0.1, 0.15) is 29.7 Å². The van der Waals surface area contributed by atoms with Crippen molar-refractivity contribution in [2.45, 2.75) is 26.7 Å². The number of amides is 2. The van der Waals surface area contributed by atoms with Crippen molar-refractivity contribution in [1.82, 2.24) is 5.32 Å². The van der Waals surface area contributed by atoms with Crippen LogP contribution in [0.5, 0.6) is 0 Å². The molecule has 1 N–H and O–H groups in total. The third kappa shape index (κ3) is 3.62. The SMILES string of the molecule is Cc1cccc(N2C(=O)/C(=C/c3cc(Br)c(N4CCCC4)o3)C(=O)NC2=S)c1C. The molecule has 0 bridgehead atoms. The maximum absolute atomic E-state index is 13.2. The summed E-state index contributed by atoms with van der Waals surface area (Å²) in [6.07, 6.45) is 3.71. The molecule has 2 amide bonds. The third-order valence-corrected chi connectivity index (χ3v) is 6.14. The first-order valence-corrected chi connectivity index (χ1v) is 10.6. The van der Waals surface area contributed by atoms with E-state index in [1.54, 1.807) is 6.07 Å². The number of hydrogen-bond donors (Lipinski definition) is 1. The van der Waals surface area contributed by atoms with E-state index in [1.165, 1.54) is 11.0 Å². The van der Waals surface area contributed by atoms with Crippen molar-refractivity contribution in [3.8, 4) is 0 Å². The average molecular weight is 474 g/mol. The topological polar surface area (TPSA) is 65.8 Å². The second-order valence-electron chi connectivity index (χ2n) is 7.17. The number of carbonyl (C=O) groups is 2. The molecule has 2 aliphatic rings. The lowest BCUT2D eigenvalue weighted by Gasteiger charge is -2.30. The molecule has 2 fully saturated rings. The molecule has 0 unspecified atom stereocenters. The van der Waals surface area contributed by atoms with Crippen molar-refractivity contribution in [2.75, 3.05) is 22.9 Å². The summed E-state index contributed by atoms with van der Waals surface area (Å²) in [5.74, 6) is 0.158. The first-order valence-electron chi connectivity index (χ1n) is 9.39. The molecule has 8 heteroatoms. The molecular weight excluding hydrogens is 454 g/mol. The fraction of sp³-hybridized carbons (Fsp3) is 0.286. The molecule has 0 spiro atoms. The number of thiocarbonyl (C=S) groups is 1. The van der Waals surface area contributed by atoms with Gasteiger partial charge in [0.2, 0.25) is 5.88 Å². The molecule has 0 aliphatic carbocycles. The van der Waals surface area contributed by atoms with Gasteiger partial charge in [-0.25, -0.2) is 0 Å². The van der Waals surface area contributed by atoms with Crippen molar-refractivity contribution in [1.29, 1.82) is 0 Å².